The maximum atomic E-state index is 14.0. The number of halogens is 2. The summed E-state index contributed by atoms with van der Waals surface area (Å²) in [4.78, 5) is 15.6. The van der Waals surface area contributed by atoms with Crippen LogP contribution in [0.5, 0.6) is 5.75 Å². The fraction of sp³-hybridized carbons (Fsp3) is 0.227. The number of nitrogens with zero attached hydrogens (tertiary/aromatic N) is 3. The molecule has 0 bridgehead atoms. The number of fused-ring (bicyclic) bond motifs is 3. The summed E-state index contributed by atoms with van der Waals surface area (Å²) in [5.74, 6) is -0.808. The maximum Gasteiger partial charge on any atom is 0.304 e. The lowest BCUT2D eigenvalue weighted by Crippen LogP contribution is -2.03. The molecule has 31 heavy (non-hydrogen) atoms. The number of benzene rings is 2. The van der Waals surface area contributed by atoms with Crippen molar-refractivity contribution in [3.63, 3.8) is 0 Å². The topological polar surface area (TPSA) is 90.4 Å². The Hall–Kier alpha value is -3.39. The number of hydrogen-bond donors (Lipinski definition) is 1. The van der Waals surface area contributed by atoms with E-state index in [1.165, 1.54) is 19.2 Å². The molecule has 0 unspecified atom stereocenters. The van der Waals surface area contributed by atoms with Crippen LogP contribution in [0.3, 0.4) is 0 Å². The van der Waals surface area contributed by atoms with Crippen LogP contribution in [0.25, 0.3) is 33.7 Å². The molecule has 3 heterocycles. The first-order chi connectivity index (χ1) is 15.0. The molecule has 9 heteroatoms. The molecule has 2 aromatic carbocycles. The van der Waals surface area contributed by atoms with Crippen LogP contribution in [0.2, 0.25) is 5.02 Å². The number of aliphatic carboxylic acids is 1. The molecule has 1 aliphatic heterocycles. The molecule has 158 valence electrons. The van der Waals surface area contributed by atoms with Crippen LogP contribution < -0.4 is 4.74 Å². The lowest BCUT2D eigenvalue weighted by Gasteiger charge is -2.06. The van der Waals surface area contributed by atoms with E-state index in [0.29, 0.717) is 22.0 Å². The second-order valence-electron chi connectivity index (χ2n) is 7.44. The van der Waals surface area contributed by atoms with Crippen LogP contribution in [0.4, 0.5) is 4.39 Å². The van der Waals surface area contributed by atoms with Gasteiger partial charge in [-0.2, -0.15) is 4.98 Å². The lowest BCUT2D eigenvalue weighted by molar-refractivity contribution is -0.137. The Bertz CT molecular complexity index is 1330. The molecule has 0 saturated carbocycles. The second-order valence-corrected chi connectivity index (χ2v) is 7.82. The Morgan fingerprint density at radius 3 is 2.87 bits per heavy atom. The number of rotatable bonds is 5. The van der Waals surface area contributed by atoms with Crippen LogP contribution in [-0.4, -0.2) is 32.9 Å². The minimum absolute atomic E-state index is 0.0511. The molecule has 0 radical (unpaired) electrons. The van der Waals surface area contributed by atoms with Crippen molar-refractivity contribution in [2.24, 2.45) is 0 Å². The third-order valence-corrected chi connectivity index (χ3v) is 6.03. The Morgan fingerprint density at radius 1 is 1.32 bits per heavy atom. The zero-order valence-electron chi connectivity index (χ0n) is 16.4. The van der Waals surface area contributed by atoms with Crippen molar-refractivity contribution in [2.75, 3.05) is 7.11 Å². The molecular weight excluding hydrogens is 425 g/mol. The van der Waals surface area contributed by atoms with Crippen molar-refractivity contribution < 1.29 is 23.6 Å². The zero-order valence-corrected chi connectivity index (χ0v) is 17.2. The largest absolute Gasteiger partial charge is 0.494 e. The first-order valence-corrected chi connectivity index (χ1v) is 10.1. The van der Waals surface area contributed by atoms with Crippen LogP contribution in [0, 0.1) is 5.82 Å². The van der Waals surface area contributed by atoms with Gasteiger partial charge in [-0.3, -0.25) is 4.79 Å². The highest BCUT2D eigenvalue weighted by molar-refractivity contribution is 6.36. The predicted octanol–water partition coefficient (Wildman–Crippen LogP) is 5.12. The molecule has 7 nitrogen and oxygen atoms in total. The Balaban J connectivity index is 1.52. The summed E-state index contributed by atoms with van der Waals surface area (Å²) < 4.78 is 26.3. The summed E-state index contributed by atoms with van der Waals surface area (Å²) in [5, 5.41) is 14.6. The minimum atomic E-state index is -0.838. The molecule has 0 saturated heterocycles. The zero-order chi connectivity index (χ0) is 21.7. The highest BCUT2D eigenvalue weighted by Crippen LogP contribution is 2.43. The summed E-state index contributed by atoms with van der Waals surface area (Å²) in [6.45, 7) is 0.727. The van der Waals surface area contributed by atoms with E-state index < -0.39 is 11.8 Å². The van der Waals surface area contributed by atoms with Gasteiger partial charge in [0.1, 0.15) is 0 Å². The Kier molecular flexibility index (Phi) is 4.66. The van der Waals surface area contributed by atoms with Gasteiger partial charge < -0.3 is 18.9 Å². The van der Waals surface area contributed by atoms with E-state index in [9.17, 15) is 14.3 Å². The van der Waals surface area contributed by atoms with Crippen molar-refractivity contribution in [1.82, 2.24) is 14.7 Å². The first kappa shape index (κ1) is 19.6. The fourth-order valence-corrected chi connectivity index (χ4v) is 4.61. The molecule has 0 amide bonds. The summed E-state index contributed by atoms with van der Waals surface area (Å²) in [6, 6.07) is 10.1. The van der Waals surface area contributed by atoms with Crippen molar-refractivity contribution in [1.29, 1.82) is 0 Å². The van der Waals surface area contributed by atoms with E-state index in [1.54, 1.807) is 6.07 Å². The van der Waals surface area contributed by atoms with Crippen molar-refractivity contribution in [2.45, 2.75) is 25.3 Å². The average molecular weight is 442 g/mol. The van der Waals surface area contributed by atoms with Gasteiger partial charge in [-0.15, -0.1) is 0 Å². The highest BCUT2D eigenvalue weighted by atomic mass is 35.5. The SMILES string of the molecule is COc1ccc(-c2nc(-c3ccc4c(c3)c(Cl)c3n4CC[C@@H]3CC(=O)O)no2)cc1F. The van der Waals surface area contributed by atoms with Gasteiger partial charge in [0.2, 0.25) is 5.82 Å². The average Bonchev–Trinajstić information content (AvgIpc) is 3.45. The van der Waals surface area contributed by atoms with Gasteiger partial charge in [-0.05, 0) is 42.8 Å². The number of aromatic nitrogens is 3. The van der Waals surface area contributed by atoms with E-state index in [-0.39, 0.29) is 24.0 Å². The Morgan fingerprint density at radius 2 is 2.13 bits per heavy atom. The molecule has 1 N–H and O–H groups in total. The second kappa shape index (κ2) is 7.39. The summed E-state index contributed by atoms with van der Waals surface area (Å²) in [5.41, 5.74) is 2.93. The minimum Gasteiger partial charge on any atom is -0.494 e. The van der Waals surface area contributed by atoms with Gasteiger partial charge >= 0.3 is 5.97 Å². The van der Waals surface area contributed by atoms with Gasteiger partial charge in [0, 0.05) is 40.2 Å². The smallest absolute Gasteiger partial charge is 0.304 e. The summed E-state index contributed by atoms with van der Waals surface area (Å²) in [7, 11) is 1.39. The molecule has 0 spiro atoms. The summed E-state index contributed by atoms with van der Waals surface area (Å²) >= 11 is 6.66. The van der Waals surface area contributed by atoms with Crippen LogP contribution >= 0.6 is 11.6 Å². The number of aryl methyl sites for hydroxylation is 1. The van der Waals surface area contributed by atoms with Gasteiger partial charge in [0.15, 0.2) is 11.6 Å². The molecular formula is C22H17ClFN3O4. The number of carbonyl (C=O) groups is 1. The maximum absolute atomic E-state index is 14.0. The molecule has 0 aliphatic carbocycles. The molecule has 0 fully saturated rings. The monoisotopic (exact) mass is 441 g/mol. The van der Waals surface area contributed by atoms with Gasteiger partial charge in [0.25, 0.3) is 5.89 Å². The molecule has 1 aliphatic rings. The summed E-state index contributed by atoms with van der Waals surface area (Å²) in [6.07, 6.45) is 0.807. The standard InChI is InChI=1S/C22H17ClFN3O4/c1-30-17-5-3-13(9-15(17)24)22-25-21(26-31-22)12-2-4-16-14(8-12)19(23)20-11(10-18(28)29)6-7-27(16)20/h2-5,8-9,11H,6-7,10H2,1H3,(H,28,29)/t11-/m1/s1. The van der Waals surface area contributed by atoms with Crippen LogP contribution in [0.1, 0.15) is 24.5 Å². The Labute approximate surface area is 181 Å². The molecule has 2 aromatic heterocycles. The number of methoxy groups -OCH3 is 1. The first-order valence-electron chi connectivity index (χ1n) is 9.67. The normalized spacial score (nSPS) is 15.4. The van der Waals surface area contributed by atoms with E-state index in [1.807, 2.05) is 18.2 Å². The van der Waals surface area contributed by atoms with Crippen molar-refractivity contribution in [3.05, 3.63) is 52.9 Å². The highest BCUT2D eigenvalue weighted by Gasteiger charge is 2.30. The lowest BCUT2D eigenvalue weighted by atomic mass is 10.00. The molecule has 1 atom stereocenters. The van der Waals surface area contributed by atoms with Gasteiger partial charge in [-0.25, -0.2) is 4.39 Å². The molecule has 4 aromatic rings. The number of carboxylic acids is 1. The fourth-order valence-electron chi connectivity index (χ4n) is 4.20. The number of hydrogen-bond acceptors (Lipinski definition) is 5. The van der Waals surface area contributed by atoms with Crippen LogP contribution in [-0.2, 0) is 11.3 Å². The molecule has 5 rings (SSSR count). The third-order valence-electron chi connectivity index (χ3n) is 5.63. The van der Waals surface area contributed by atoms with Gasteiger partial charge in [0.05, 0.1) is 18.6 Å². The van der Waals surface area contributed by atoms with E-state index in [2.05, 4.69) is 14.7 Å². The van der Waals surface area contributed by atoms with Crippen molar-refractivity contribution >= 4 is 28.5 Å². The van der Waals surface area contributed by atoms with E-state index >= 15 is 0 Å². The number of ether oxygens (including phenoxy) is 1. The predicted molar refractivity (Wildman–Crippen MR) is 112 cm³/mol. The van der Waals surface area contributed by atoms with Crippen LogP contribution in [0.15, 0.2) is 40.9 Å². The quantitative estimate of drug-likeness (QED) is 0.462. The number of carboxylic acid groups (broad SMARTS) is 1. The van der Waals surface area contributed by atoms with E-state index in [4.69, 9.17) is 20.9 Å². The van der Waals surface area contributed by atoms with Crippen molar-refractivity contribution in [3.8, 4) is 28.6 Å². The van der Waals surface area contributed by atoms with Gasteiger partial charge in [-0.1, -0.05) is 16.8 Å². The third kappa shape index (κ3) is 3.23. The van der Waals surface area contributed by atoms with E-state index in [0.717, 1.165) is 29.6 Å².